The highest BCUT2D eigenvalue weighted by Gasteiger charge is 2.29. The zero-order valence-electron chi connectivity index (χ0n) is 15.8. The molecule has 0 bridgehead atoms. The fraction of sp³-hybridized carbons (Fsp3) is 0.895. The molecule has 2 fully saturated rings. The number of hydrogen-bond acceptors (Lipinski definition) is 3. The normalized spacial score (nSPS) is 26.1. The SMILES string of the molecule is C[C@H]1CCCC[C@H]1NC(=O)CC1CCN(C(=O)OC(C)(C)C)CC1. The van der Waals surface area contributed by atoms with Gasteiger partial charge in [0.05, 0.1) is 0 Å². The summed E-state index contributed by atoms with van der Waals surface area (Å²) in [6, 6.07) is 0.355. The lowest BCUT2D eigenvalue weighted by Gasteiger charge is -2.34. The highest BCUT2D eigenvalue weighted by molar-refractivity contribution is 5.76. The number of rotatable bonds is 3. The number of nitrogens with zero attached hydrogens (tertiary/aromatic N) is 1. The number of carbonyl (C=O) groups is 2. The number of amides is 2. The van der Waals surface area contributed by atoms with Gasteiger partial charge in [-0.25, -0.2) is 4.79 Å². The first-order valence-electron chi connectivity index (χ1n) is 9.52. The molecule has 1 saturated heterocycles. The molecule has 5 nitrogen and oxygen atoms in total. The summed E-state index contributed by atoms with van der Waals surface area (Å²) in [4.78, 5) is 26.1. The van der Waals surface area contributed by atoms with Crippen molar-refractivity contribution < 1.29 is 14.3 Å². The van der Waals surface area contributed by atoms with E-state index in [2.05, 4.69) is 12.2 Å². The molecule has 1 aliphatic heterocycles. The van der Waals surface area contributed by atoms with E-state index in [1.807, 2.05) is 20.8 Å². The largest absolute Gasteiger partial charge is 0.444 e. The summed E-state index contributed by atoms with van der Waals surface area (Å²) >= 11 is 0. The third kappa shape index (κ3) is 5.99. The Morgan fingerprint density at radius 1 is 1.08 bits per heavy atom. The zero-order valence-corrected chi connectivity index (χ0v) is 15.8. The Balaban J connectivity index is 1.70. The van der Waals surface area contributed by atoms with Crippen molar-refractivity contribution in [1.82, 2.24) is 10.2 Å². The molecule has 1 saturated carbocycles. The van der Waals surface area contributed by atoms with Gasteiger partial charge in [-0.2, -0.15) is 0 Å². The Bertz CT molecular complexity index is 436. The van der Waals surface area contributed by atoms with Crippen molar-refractivity contribution in [3.05, 3.63) is 0 Å². The first-order valence-corrected chi connectivity index (χ1v) is 9.52. The lowest BCUT2D eigenvalue weighted by Crippen LogP contribution is -2.44. The average molecular weight is 338 g/mol. The van der Waals surface area contributed by atoms with E-state index < -0.39 is 5.60 Å². The highest BCUT2D eigenvalue weighted by atomic mass is 16.6. The van der Waals surface area contributed by atoms with Gasteiger partial charge in [0.15, 0.2) is 0 Å². The topological polar surface area (TPSA) is 58.6 Å². The maximum absolute atomic E-state index is 12.3. The van der Waals surface area contributed by atoms with Crippen LogP contribution in [0.1, 0.15) is 72.6 Å². The molecule has 0 aromatic rings. The van der Waals surface area contributed by atoms with Gasteiger partial charge >= 0.3 is 6.09 Å². The van der Waals surface area contributed by atoms with E-state index in [0.717, 1.165) is 19.3 Å². The minimum absolute atomic E-state index is 0.185. The van der Waals surface area contributed by atoms with E-state index in [1.54, 1.807) is 4.90 Å². The Kier molecular flexibility index (Phi) is 6.53. The fourth-order valence-corrected chi connectivity index (χ4v) is 3.70. The van der Waals surface area contributed by atoms with Gasteiger partial charge in [0.1, 0.15) is 5.60 Å². The molecule has 1 N–H and O–H groups in total. The Morgan fingerprint density at radius 2 is 1.71 bits per heavy atom. The molecule has 5 heteroatoms. The second-order valence-electron chi connectivity index (χ2n) is 8.55. The summed E-state index contributed by atoms with van der Waals surface area (Å²) in [5, 5.41) is 3.24. The summed E-state index contributed by atoms with van der Waals surface area (Å²) < 4.78 is 5.41. The second kappa shape index (κ2) is 8.21. The van der Waals surface area contributed by atoms with Crippen LogP contribution in [0.5, 0.6) is 0 Å². The van der Waals surface area contributed by atoms with Crippen LogP contribution in [0.2, 0.25) is 0 Å². The number of piperidine rings is 1. The Labute approximate surface area is 146 Å². The smallest absolute Gasteiger partial charge is 0.410 e. The quantitative estimate of drug-likeness (QED) is 0.853. The molecule has 0 unspecified atom stereocenters. The summed E-state index contributed by atoms with van der Waals surface area (Å²) in [6.07, 6.45) is 6.97. The molecule has 2 aliphatic rings. The summed E-state index contributed by atoms with van der Waals surface area (Å²) in [5.41, 5.74) is -0.454. The average Bonchev–Trinajstić information content (AvgIpc) is 2.48. The first-order chi connectivity index (χ1) is 11.2. The predicted octanol–water partition coefficient (Wildman–Crippen LogP) is 3.72. The molecule has 0 aromatic heterocycles. The zero-order chi connectivity index (χ0) is 17.7. The standard InChI is InChI=1S/C19H34N2O3/c1-14-7-5-6-8-16(14)20-17(22)13-15-9-11-21(12-10-15)18(23)24-19(2,3)4/h14-16H,5-13H2,1-4H3,(H,20,22)/t14-,16+/m0/s1. The number of hydrogen-bond donors (Lipinski definition) is 1. The van der Waals surface area contributed by atoms with Crippen LogP contribution in [0.25, 0.3) is 0 Å². The van der Waals surface area contributed by atoms with Gasteiger partial charge in [0, 0.05) is 25.6 Å². The van der Waals surface area contributed by atoms with Crippen LogP contribution in [-0.2, 0) is 9.53 Å². The van der Waals surface area contributed by atoms with Crippen molar-refractivity contribution in [3.63, 3.8) is 0 Å². The minimum Gasteiger partial charge on any atom is -0.444 e. The van der Waals surface area contributed by atoms with E-state index in [-0.39, 0.29) is 12.0 Å². The minimum atomic E-state index is -0.454. The summed E-state index contributed by atoms with van der Waals surface area (Å²) in [7, 11) is 0. The summed E-state index contributed by atoms with van der Waals surface area (Å²) in [5.74, 6) is 1.16. The number of nitrogens with one attached hydrogen (secondary N) is 1. The Hall–Kier alpha value is -1.26. The van der Waals surface area contributed by atoms with Crippen molar-refractivity contribution in [3.8, 4) is 0 Å². The van der Waals surface area contributed by atoms with Crippen LogP contribution in [0.15, 0.2) is 0 Å². The van der Waals surface area contributed by atoms with Gasteiger partial charge in [-0.3, -0.25) is 4.79 Å². The van der Waals surface area contributed by atoms with Crippen molar-refractivity contribution >= 4 is 12.0 Å². The third-order valence-corrected chi connectivity index (χ3v) is 5.20. The van der Waals surface area contributed by atoms with Gasteiger partial charge < -0.3 is 15.0 Å². The maximum atomic E-state index is 12.3. The monoisotopic (exact) mass is 338 g/mol. The molecule has 2 atom stereocenters. The van der Waals surface area contributed by atoms with E-state index in [9.17, 15) is 9.59 Å². The van der Waals surface area contributed by atoms with Crippen molar-refractivity contribution in [2.75, 3.05) is 13.1 Å². The Morgan fingerprint density at radius 3 is 2.29 bits per heavy atom. The number of likely N-dealkylation sites (tertiary alicyclic amines) is 1. The molecular formula is C19H34N2O3. The van der Waals surface area contributed by atoms with Crippen molar-refractivity contribution in [2.45, 2.75) is 84.3 Å². The molecule has 138 valence electrons. The molecule has 24 heavy (non-hydrogen) atoms. The van der Waals surface area contributed by atoms with E-state index in [4.69, 9.17) is 4.74 Å². The molecule has 0 aromatic carbocycles. The van der Waals surface area contributed by atoms with Crippen LogP contribution in [0.4, 0.5) is 4.79 Å². The number of carbonyl (C=O) groups excluding carboxylic acids is 2. The molecule has 2 rings (SSSR count). The number of ether oxygens (including phenoxy) is 1. The molecule has 1 aliphatic carbocycles. The molecular weight excluding hydrogens is 304 g/mol. The van der Waals surface area contributed by atoms with Crippen LogP contribution in [-0.4, -0.2) is 41.6 Å². The maximum Gasteiger partial charge on any atom is 0.410 e. The second-order valence-corrected chi connectivity index (χ2v) is 8.55. The van der Waals surface area contributed by atoms with Gasteiger partial charge in [-0.15, -0.1) is 0 Å². The molecule has 2 amide bonds. The van der Waals surface area contributed by atoms with Crippen molar-refractivity contribution in [1.29, 1.82) is 0 Å². The fourth-order valence-electron chi connectivity index (χ4n) is 3.70. The molecule has 0 radical (unpaired) electrons. The van der Waals surface area contributed by atoms with Gasteiger partial charge in [0.25, 0.3) is 0 Å². The van der Waals surface area contributed by atoms with Gasteiger partial charge in [0.2, 0.25) is 5.91 Å². The third-order valence-electron chi connectivity index (χ3n) is 5.20. The van der Waals surface area contributed by atoms with Crippen LogP contribution in [0, 0.1) is 11.8 Å². The first kappa shape index (κ1) is 19.1. The van der Waals surface area contributed by atoms with E-state index in [1.165, 1.54) is 19.3 Å². The van der Waals surface area contributed by atoms with Gasteiger partial charge in [-0.1, -0.05) is 19.8 Å². The van der Waals surface area contributed by atoms with Crippen LogP contribution >= 0.6 is 0 Å². The van der Waals surface area contributed by atoms with Gasteiger partial charge in [-0.05, 0) is 58.3 Å². The lowest BCUT2D eigenvalue weighted by atomic mass is 9.85. The van der Waals surface area contributed by atoms with E-state index >= 15 is 0 Å². The van der Waals surface area contributed by atoms with Crippen LogP contribution < -0.4 is 5.32 Å². The summed E-state index contributed by atoms with van der Waals surface area (Å²) in [6.45, 7) is 9.26. The van der Waals surface area contributed by atoms with Crippen LogP contribution in [0.3, 0.4) is 0 Å². The van der Waals surface area contributed by atoms with E-state index in [0.29, 0.717) is 37.4 Å². The van der Waals surface area contributed by atoms with Crippen molar-refractivity contribution in [2.24, 2.45) is 11.8 Å². The lowest BCUT2D eigenvalue weighted by molar-refractivity contribution is -0.123. The molecule has 1 heterocycles. The highest BCUT2D eigenvalue weighted by Crippen LogP contribution is 2.25. The molecule has 0 spiro atoms. The predicted molar refractivity (Wildman–Crippen MR) is 94.7 cm³/mol.